The molecular weight excluding hydrogens is 412 g/mol. The topological polar surface area (TPSA) is 117 Å². The Morgan fingerprint density at radius 1 is 1.17 bits per heavy atom. The molecule has 29 heavy (non-hydrogen) atoms. The molecule has 2 heterocycles. The Kier molecular flexibility index (Phi) is 5.45. The van der Waals surface area contributed by atoms with E-state index in [2.05, 4.69) is 25.6 Å². The molecule has 0 aliphatic carbocycles. The molecule has 0 saturated heterocycles. The Hall–Kier alpha value is -3.37. The highest BCUT2D eigenvalue weighted by atomic mass is 35.5. The maximum absolute atomic E-state index is 12.5. The number of halogens is 1. The number of carbonyl (C=O) groups is 1. The van der Waals surface area contributed by atoms with Crippen molar-refractivity contribution in [3.8, 4) is 17.1 Å². The van der Waals surface area contributed by atoms with Crippen molar-refractivity contribution in [1.29, 1.82) is 0 Å². The van der Waals surface area contributed by atoms with E-state index in [1.807, 2.05) is 30.3 Å². The van der Waals surface area contributed by atoms with Crippen LogP contribution in [0, 0.1) is 0 Å². The van der Waals surface area contributed by atoms with Gasteiger partial charge in [0.2, 0.25) is 11.1 Å². The van der Waals surface area contributed by atoms with E-state index in [4.69, 9.17) is 17.4 Å². The molecule has 2 aromatic carbocycles. The number of hydrogen-bond acceptors (Lipinski definition) is 7. The van der Waals surface area contributed by atoms with Gasteiger partial charge in [-0.25, -0.2) is 14.3 Å². The highest BCUT2D eigenvalue weighted by Crippen LogP contribution is 2.25. The van der Waals surface area contributed by atoms with Crippen LogP contribution in [0.1, 0.15) is 0 Å². The molecule has 0 spiro atoms. The molecule has 3 N–H and O–H groups in total. The minimum atomic E-state index is -0.247. The van der Waals surface area contributed by atoms with Gasteiger partial charge in [-0.1, -0.05) is 53.7 Å². The predicted octanol–water partition coefficient (Wildman–Crippen LogP) is 2.62. The van der Waals surface area contributed by atoms with E-state index in [1.54, 1.807) is 22.9 Å². The summed E-state index contributed by atoms with van der Waals surface area (Å²) >= 11 is 7.26. The van der Waals surface area contributed by atoms with Gasteiger partial charge in [0.25, 0.3) is 0 Å². The third kappa shape index (κ3) is 4.23. The average molecular weight is 427 g/mol. The van der Waals surface area contributed by atoms with Gasteiger partial charge in [-0.15, -0.1) is 10.2 Å². The van der Waals surface area contributed by atoms with E-state index < -0.39 is 0 Å². The number of nitrogens with two attached hydrogens (primary N) is 1. The quantitative estimate of drug-likeness (QED) is 0.359. The summed E-state index contributed by atoms with van der Waals surface area (Å²) in [4.78, 5) is 16.4. The second kappa shape index (κ2) is 8.33. The molecule has 4 aromatic rings. The third-order valence-electron chi connectivity index (χ3n) is 3.93. The lowest BCUT2D eigenvalue weighted by Crippen LogP contribution is -2.17. The number of nitrogens with zero attached hydrogens (tertiary/aromatic N) is 6. The summed E-state index contributed by atoms with van der Waals surface area (Å²) in [7, 11) is 0. The number of amides is 1. The second-order valence-corrected chi connectivity index (χ2v) is 7.26. The molecular formula is C18H15ClN8OS. The SMILES string of the molecule is Nn1c(SCC(=O)Nc2cc(Cl)ccc2-n2cncn2)nnc1-c1ccccc1. The monoisotopic (exact) mass is 426 g/mol. The van der Waals surface area contributed by atoms with E-state index in [1.165, 1.54) is 29.1 Å². The Bertz CT molecular complexity index is 1130. The second-order valence-electron chi connectivity index (χ2n) is 5.88. The lowest BCUT2D eigenvalue weighted by atomic mass is 10.2. The maximum atomic E-state index is 12.5. The molecule has 0 fully saturated rings. The Morgan fingerprint density at radius 2 is 2.00 bits per heavy atom. The van der Waals surface area contributed by atoms with E-state index in [-0.39, 0.29) is 11.7 Å². The molecule has 0 bridgehead atoms. The lowest BCUT2D eigenvalue weighted by Gasteiger charge is -2.11. The van der Waals surface area contributed by atoms with Crippen molar-refractivity contribution in [2.24, 2.45) is 0 Å². The van der Waals surface area contributed by atoms with Gasteiger partial charge in [0, 0.05) is 10.6 Å². The number of nitrogens with one attached hydrogen (secondary N) is 1. The van der Waals surface area contributed by atoms with Crippen molar-refractivity contribution in [1.82, 2.24) is 29.6 Å². The number of nitrogen functional groups attached to an aromatic ring is 1. The van der Waals surface area contributed by atoms with E-state index in [9.17, 15) is 4.79 Å². The Morgan fingerprint density at radius 3 is 2.76 bits per heavy atom. The molecule has 0 atom stereocenters. The first-order valence-corrected chi connectivity index (χ1v) is 9.81. The zero-order valence-corrected chi connectivity index (χ0v) is 16.5. The number of benzene rings is 2. The number of aromatic nitrogens is 6. The lowest BCUT2D eigenvalue weighted by molar-refractivity contribution is -0.113. The van der Waals surface area contributed by atoms with Crippen LogP contribution in [0.25, 0.3) is 17.1 Å². The van der Waals surface area contributed by atoms with Gasteiger partial charge in [-0.2, -0.15) is 5.10 Å². The van der Waals surface area contributed by atoms with Crippen molar-refractivity contribution in [2.45, 2.75) is 5.16 Å². The van der Waals surface area contributed by atoms with Crippen molar-refractivity contribution in [3.63, 3.8) is 0 Å². The summed E-state index contributed by atoms with van der Waals surface area (Å²) in [6, 6.07) is 14.6. The van der Waals surface area contributed by atoms with Gasteiger partial charge in [0.05, 0.1) is 17.1 Å². The van der Waals surface area contributed by atoms with Gasteiger partial charge in [0.15, 0.2) is 5.82 Å². The highest BCUT2D eigenvalue weighted by molar-refractivity contribution is 7.99. The van der Waals surface area contributed by atoms with Crippen molar-refractivity contribution in [3.05, 3.63) is 66.2 Å². The van der Waals surface area contributed by atoms with E-state index in [0.29, 0.717) is 27.4 Å². The summed E-state index contributed by atoms with van der Waals surface area (Å²) in [5.41, 5.74) is 2.02. The smallest absolute Gasteiger partial charge is 0.234 e. The van der Waals surface area contributed by atoms with E-state index in [0.717, 1.165) is 5.56 Å². The van der Waals surface area contributed by atoms with Crippen molar-refractivity contribution in [2.75, 3.05) is 16.9 Å². The van der Waals surface area contributed by atoms with Crippen LogP contribution in [0.5, 0.6) is 0 Å². The summed E-state index contributed by atoms with van der Waals surface area (Å²) < 4.78 is 2.91. The zero-order chi connectivity index (χ0) is 20.2. The predicted molar refractivity (Wildman–Crippen MR) is 111 cm³/mol. The van der Waals surface area contributed by atoms with Crippen LogP contribution in [0.15, 0.2) is 66.3 Å². The molecule has 0 radical (unpaired) electrons. The minimum absolute atomic E-state index is 0.0907. The molecule has 0 unspecified atom stereocenters. The van der Waals surface area contributed by atoms with Gasteiger partial charge in [-0.3, -0.25) is 4.79 Å². The first kappa shape index (κ1) is 19.0. The first-order valence-electron chi connectivity index (χ1n) is 8.45. The zero-order valence-electron chi connectivity index (χ0n) is 14.9. The number of thioether (sulfide) groups is 1. The first-order chi connectivity index (χ1) is 14.1. The Balaban J connectivity index is 1.46. The van der Waals surface area contributed by atoms with E-state index >= 15 is 0 Å². The van der Waals surface area contributed by atoms with Crippen LogP contribution in [-0.2, 0) is 4.79 Å². The van der Waals surface area contributed by atoms with Crippen LogP contribution >= 0.6 is 23.4 Å². The number of rotatable bonds is 6. The largest absolute Gasteiger partial charge is 0.335 e. The summed E-state index contributed by atoms with van der Waals surface area (Å²) in [5.74, 6) is 6.45. The van der Waals surface area contributed by atoms with Gasteiger partial charge < -0.3 is 11.2 Å². The number of hydrogen-bond donors (Lipinski definition) is 2. The molecule has 0 aliphatic heterocycles. The van der Waals surface area contributed by atoms with Gasteiger partial charge in [0.1, 0.15) is 12.7 Å². The molecule has 1 amide bonds. The molecule has 4 rings (SSSR count). The molecule has 11 heteroatoms. The van der Waals surface area contributed by atoms with Crippen molar-refractivity contribution < 1.29 is 4.79 Å². The van der Waals surface area contributed by atoms with Crippen LogP contribution in [-0.4, -0.2) is 41.3 Å². The fourth-order valence-electron chi connectivity index (χ4n) is 2.62. The van der Waals surface area contributed by atoms with Crippen LogP contribution in [0.4, 0.5) is 5.69 Å². The molecule has 0 saturated carbocycles. The highest BCUT2D eigenvalue weighted by Gasteiger charge is 2.15. The fraction of sp³-hybridized carbons (Fsp3) is 0.0556. The molecule has 0 aliphatic rings. The molecule has 2 aromatic heterocycles. The normalized spacial score (nSPS) is 10.8. The third-order valence-corrected chi connectivity index (χ3v) is 5.11. The van der Waals surface area contributed by atoms with Crippen LogP contribution < -0.4 is 11.2 Å². The summed E-state index contributed by atoms with van der Waals surface area (Å²) in [6.07, 6.45) is 2.95. The minimum Gasteiger partial charge on any atom is -0.335 e. The Labute approximate surface area is 174 Å². The molecule has 146 valence electrons. The summed E-state index contributed by atoms with van der Waals surface area (Å²) in [5, 5.41) is 16.0. The van der Waals surface area contributed by atoms with Crippen LogP contribution in [0.3, 0.4) is 0 Å². The van der Waals surface area contributed by atoms with Gasteiger partial charge in [-0.05, 0) is 18.2 Å². The molecule has 9 nitrogen and oxygen atoms in total. The number of carbonyl (C=O) groups excluding carboxylic acids is 1. The average Bonchev–Trinajstić information content (AvgIpc) is 3.37. The van der Waals surface area contributed by atoms with Crippen LogP contribution in [0.2, 0.25) is 5.02 Å². The number of anilines is 1. The van der Waals surface area contributed by atoms with Gasteiger partial charge >= 0.3 is 0 Å². The van der Waals surface area contributed by atoms with Crippen molar-refractivity contribution >= 4 is 35.0 Å². The maximum Gasteiger partial charge on any atom is 0.234 e. The fourth-order valence-corrected chi connectivity index (χ4v) is 3.45. The summed E-state index contributed by atoms with van der Waals surface area (Å²) in [6.45, 7) is 0. The standard InChI is InChI=1S/C18H15ClN8OS/c19-13-6-7-15(26-11-21-10-22-26)14(8-13)23-16(28)9-29-18-25-24-17(27(18)20)12-4-2-1-3-5-12/h1-8,10-11H,9,20H2,(H,23,28).